The maximum atomic E-state index is 4.83. The van der Waals surface area contributed by atoms with Crippen LogP contribution in [0.2, 0.25) is 0 Å². The summed E-state index contributed by atoms with van der Waals surface area (Å²) in [5.74, 6) is 3.19. The molecular weight excluding hydrogens is 276 g/mol. The lowest BCUT2D eigenvalue weighted by molar-refractivity contribution is 0.298. The number of nitrogens with one attached hydrogen (secondary N) is 1. The van der Waals surface area contributed by atoms with Crippen LogP contribution in [0.3, 0.4) is 0 Å². The lowest BCUT2D eigenvalue weighted by Gasteiger charge is -2.22. The summed E-state index contributed by atoms with van der Waals surface area (Å²) in [5.41, 5.74) is 1.40. The van der Waals surface area contributed by atoms with E-state index in [1.165, 1.54) is 5.56 Å². The molecule has 3 heteroatoms. The molecule has 1 aliphatic heterocycles. The molecule has 1 fully saturated rings. The highest BCUT2D eigenvalue weighted by molar-refractivity contribution is 8.14. The van der Waals surface area contributed by atoms with Crippen molar-refractivity contribution in [2.45, 2.75) is 40.2 Å². The first-order valence-electron chi connectivity index (χ1n) is 8.04. The van der Waals surface area contributed by atoms with Gasteiger partial charge < -0.3 is 5.32 Å². The molecule has 0 bridgehead atoms. The van der Waals surface area contributed by atoms with Gasteiger partial charge in [0.2, 0.25) is 0 Å². The summed E-state index contributed by atoms with van der Waals surface area (Å²) in [4.78, 5) is 4.83. The number of nitrogens with zero attached hydrogens (tertiary/aromatic N) is 1. The van der Waals surface area contributed by atoms with Gasteiger partial charge in [-0.05, 0) is 29.7 Å². The Hall–Kier alpha value is -0.960. The van der Waals surface area contributed by atoms with Gasteiger partial charge in [-0.15, -0.1) is 0 Å². The van der Waals surface area contributed by atoms with E-state index in [4.69, 9.17) is 4.99 Å². The van der Waals surface area contributed by atoms with Gasteiger partial charge in [0.15, 0.2) is 5.17 Å². The van der Waals surface area contributed by atoms with Gasteiger partial charge in [0.25, 0.3) is 0 Å². The van der Waals surface area contributed by atoms with Crippen molar-refractivity contribution in [3.8, 4) is 0 Å². The number of aliphatic imine (C=N–C) groups is 1. The van der Waals surface area contributed by atoms with Crippen molar-refractivity contribution in [2.75, 3.05) is 12.3 Å². The SMILES string of the molecule is CC(C)C(CN=C1NC(Cc2ccccc2)CS1)C(C)C. The first-order valence-corrected chi connectivity index (χ1v) is 9.02. The molecule has 1 saturated heterocycles. The number of rotatable bonds is 6. The predicted molar refractivity (Wildman–Crippen MR) is 95.0 cm³/mol. The van der Waals surface area contributed by atoms with Gasteiger partial charge in [0.1, 0.15) is 0 Å². The van der Waals surface area contributed by atoms with Crippen LogP contribution in [0.1, 0.15) is 33.3 Å². The molecule has 1 aromatic carbocycles. The zero-order chi connectivity index (χ0) is 15.2. The Labute approximate surface area is 133 Å². The molecule has 2 rings (SSSR count). The van der Waals surface area contributed by atoms with Crippen LogP contribution in [0.25, 0.3) is 0 Å². The third kappa shape index (κ3) is 5.06. The molecule has 21 heavy (non-hydrogen) atoms. The van der Waals surface area contributed by atoms with Crippen molar-refractivity contribution in [2.24, 2.45) is 22.7 Å². The van der Waals surface area contributed by atoms with Crippen LogP contribution in [-0.4, -0.2) is 23.5 Å². The maximum Gasteiger partial charge on any atom is 0.156 e. The number of benzene rings is 1. The topological polar surface area (TPSA) is 24.4 Å². The molecule has 1 atom stereocenters. The summed E-state index contributed by atoms with van der Waals surface area (Å²) < 4.78 is 0. The highest BCUT2D eigenvalue weighted by atomic mass is 32.2. The third-order valence-corrected chi connectivity index (χ3v) is 5.32. The van der Waals surface area contributed by atoms with Crippen molar-refractivity contribution in [1.82, 2.24) is 5.32 Å². The normalized spacial score (nSPS) is 20.7. The highest BCUT2D eigenvalue weighted by Crippen LogP contribution is 2.23. The summed E-state index contributed by atoms with van der Waals surface area (Å²) in [6.45, 7) is 10.2. The van der Waals surface area contributed by atoms with E-state index in [0.717, 1.165) is 23.9 Å². The second-order valence-corrected chi connectivity index (χ2v) is 7.65. The summed E-state index contributed by atoms with van der Waals surface area (Å²) in [5, 5.41) is 4.73. The molecule has 1 unspecified atom stereocenters. The molecule has 0 spiro atoms. The van der Waals surface area contributed by atoms with Crippen molar-refractivity contribution < 1.29 is 0 Å². The molecule has 1 aromatic rings. The second-order valence-electron chi connectivity index (χ2n) is 6.64. The van der Waals surface area contributed by atoms with Gasteiger partial charge in [0, 0.05) is 18.3 Å². The first-order chi connectivity index (χ1) is 10.1. The van der Waals surface area contributed by atoms with Crippen molar-refractivity contribution in [1.29, 1.82) is 0 Å². The van der Waals surface area contributed by atoms with Gasteiger partial charge in [-0.1, -0.05) is 69.8 Å². The van der Waals surface area contributed by atoms with E-state index in [1.54, 1.807) is 0 Å². The fourth-order valence-electron chi connectivity index (χ4n) is 2.92. The van der Waals surface area contributed by atoms with Crippen LogP contribution >= 0.6 is 11.8 Å². The summed E-state index contributed by atoms with van der Waals surface area (Å²) in [6, 6.07) is 11.2. The fraction of sp³-hybridized carbons (Fsp3) is 0.611. The van der Waals surface area contributed by atoms with Gasteiger partial charge in [-0.25, -0.2) is 0 Å². The minimum Gasteiger partial charge on any atom is -0.361 e. The van der Waals surface area contributed by atoms with Crippen LogP contribution in [-0.2, 0) is 6.42 Å². The van der Waals surface area contributed by atoms with E-state index in [0.29, 0.717) is 23.8 Å². The zero-order valence-electron chi connectivity index (χ0n) is 13.7. The van der Waals surface area contributed by atoms with E-state index in [1.807, 2.05) is 11.8 Å². The largest absolute Gasteiger partial charge is 0.361 e. The quantitative estimate of drug-likeness (QED) is 0.851. The van der Waals surface area contributed by atoms with Gasteiger partial charge >= 0.3 is 0 Å². The van der Waals surface area contributed by atoms with Crippen LogP contribution in [0.4, 0.5) is 0 Å². The fourth-order valence-corrected chi connectivity index (χ4v) is 3.89. The van der Waals surface area contributed by atoms with Gasteiger partial charge in [-0.3, -0.25) is 4.99 Å². The molecule has 0 aromatic heterocycles. The van der Waals surface area contributed by atoms with Gasteiger partial charge in [0.05, 0.1) is 0 Å². The minimum atomic E-state index is 0.521. The Bertz CT molecular complexity index is 446. The maximum absolute atomic E-state index is 4.83. The number of hydrogen-bond acceptors (Lipinski definition) is 2. The van der Waals surface area contributed by atoms with Crippen molar-refractivity contribution in [3.63, 3.8) is 0 Å². The van der Waals surface area contributed by atoms with Crippen LogP contribution in [0.5, 0.6) is 0 Å². The first kappa shape index (κ1) is 16.4. The summed E-state index contributed by atoms with van der Waals surface area (Å²) in [7, 11) is 0. The second kappa shape index (κ2) is 7.88. The minimum absolute atomic E-state index is 0.521. The van der Waals surface area contributed by atoms with Crippen LogP contribution < -0.4 is 5.32 Å². The summed E-state index contributed by atoms with van der Waals surface area (Å²) in [6.07, 6.45) is 1.09. The number of thioether (sulfide) groups is 1. The Kier molecular flexibility index (Phi) is 6.16. The summed E-state index contributed by atoms with van der Waals surface area (Å²) >= 11 is 1.87. The average molecular weight is 305 g/mol. The Morgan fingerprint density at radius 3 is 2.43 bits per heavy atom. The lowest BCUT2D eigenvalue weighted by Crippen LogP contribution is -2.29. The Balaban J connectivity index is 1.85. The number of amidine groups is 1. The average Bonchev–Trinajstić information content (AvgIpc) is 2.87. The van der Waals surface area contributed by atoms with E-state index < -0.39 is 0 Å². The molecule has 1 N–H and O–H groups in total. The van der Waals surface area contributed by atoms with Crippen molar-refractivity contribution in [3.05, 3.63) is 35.9 Å². The van der Waals surface area contributed by atoms with Gasteiger partial charge in [-0.2, -0.15) is 0 Å². The predicted octanol–water partition coefficient (Wildman–Crippen LogP) is 4.22. The van der Waals surface area contributed by atoms with E-state index >= 15 is 0 Å². The molecule has 1 aliphatic rings. The van der Waals surface area contributed by atoms with Crippen molar-refractivity contribution >= 4 is 16.9 Å². The number of hydrogen-bond donors (Lipinski definition) is 1. The molecular formula is C18H28N2S. The lowest BCUT2D eigenvalue weighted by atomic mass is 9.86. The van der Waals surface area contributed by atoms with E-state index in [9.17, 15) is 0 Å². The molecule has 0 aliphatic carbocycles. The zero-order valence-corrected chi connectivity index (χ0v) is 14.5. The smallest absolute Gasteiger partial charge is 0.156 e. The molecule has 2 nitrogen and oxygen atoms in total. The molecule has 0 saturated carbocycles. The standard InChI is InChI=1S/C18H28N2S/c1-13(2)17(14(3)4)11-19-18-20-16(12-21-18)10-15-8-6-5-7-9-15/h5-9,13-14,16-17H,10-12H2,1-4H3,(H,19,20). The molecule has 0 radical (unpaired) electrons. The Morgan fingerprint density at radius 1 is 1.14 bits per heavy atom. The highest BCUT2D eigenvalue weighted by Gasteiger charge is 2.22. The molecule has 0 amide bonds. The monoisotopic (exact) mass is 304 g/mol. The van der Waals surface area contributed by atoms with E-state index in [2.05, 4.69) is 63.3 Å². The van der Waals surface area contributed by atoms with E-state index in [-0.39, 0.29) is 0 Å². The van der Waals surface area contributed by atoms with Crippen LogP contribution in [0, 0.1) is 17.8 Å². The molecule has 116 valence electrons. The Morgan fingerprint density at radius 2 is 1.81 bits per heavy atom. The third-order valence-electron chi connectivity index (χ3n) is 4.23. The van der Waals surface area contributed by atoms with Crippen LogP contribution in [0.15, 0.2) is 35.3 Å². The molecule has 1 heterocycles.